The zero-order valence-electron chi connectivity index (χ0n) is 22.1. The van der Waals surface area contributed by atoms with E-state index in [1.807, 2.05) is 37.2 Å². The van der Waals surface area contributed by atoms with E-state index < -0.39 is 11.6 Å². The first kappa shape index (κ1) is 27.6. The third kappa shape index (κ3) is 6.60. The molecule has 1 aliphatic rings. The number of amides is 2. The molecule has 0 fully saturated rings. The maximum atomic E-state index is 14.4. The van der Waals surface area contributed by atoms with Gasteiger partial charge in [0.2, 0.25) is 5.91 Å². The summed E-state index contributed by atoms with van der Waals surface area (Å²) in [6.07, 6.45) is 1.70. The maximum Gasteiger partial charge on any atom is 0.254 e. The number of rotatable bonds is 4. The van der Waals surface area contributed by atoms with Gasteiger partial charge in [0.1, 0.15) is 0 Å². The third-order valence-electron chi connectivity index (χ3n) is 6.70. The van der Waals surface area contributed by atoms with E-state index in [0.29, 0.717) is 42.4 Å². The van der Waals surface area contributed by atoms with E-state index in [1.54, 1.807) is 22.8 Å². The summed E-state index contributed by atoms with van der Waals surface area (Å²) in [5.41, 5.74) is 2.18. The van der Waals surface area contributed by atoms with Crippen LogP contribution in [0.1, 0.15) is 56.0 Å². The minimum Gasteiger partial charge on any atom is -0.378 e. The first-order chi connectivity index (χ1) is 17.1. The van der Waals surface area contributed by atoms with Crippen LogP contribution in [0.4, 0.5) is 20.2 Å². The van der Waals surface area contributed by atoms with Crippen LogP contribution in [0.2, 0.25) is 0 Å². The molecule has 0 bridgehead atoms. The van der Waals surface area contributed by atoms with Crippen LogP contribution in [0.5, 0.6) is 0 Å². The van der Waals surface area contributed by atoms with E-state index in [-0.39, 0.29) is 24.8 Å². The lowest BCUT2D eigenvalue weighted by molar-refractivity contribution is -0.118. The molecule has 0 radical (unpaired) electrons. The molecule has 196 valence electrons. The zero-order valence-corrected chi connectivity index (χ0v) is 22.1. The Bertz CT molecular complexity index is 1070. The van der Waals surface area contributed by atoms with Gasteiger partial charge in [0.15, 0.2) is 11.6 Å². The second-order valence-corrected chi connectivity index (χ2v) is 9.80. The molecule has 0 saturated carbocycles. The SMILES string of the molecule is CCC(=O)N1CCCN(C(C)C)CCCN(C(=O)c2cccc(N(C)C)c2)Cc2cc(F)c(F)cc21. The van der Waals surface area contributed by atoms with E-state index in [4.69, 9.17) is 0 Å². The van der Waals surface area contributed by atoms with Gasteiger partial charge in [-0.1, -0.05) is 13.0 Å². The van der Waals surface area contributed by atoms with Crippen LogP contribution < -0.4 is 9.80 Å². The molecular formula is C28H38F2N4O2. The Hall–Kier alpha value is -3.00. The molecule has 0 atom stereocenters. The van der Waals surface area contributed by atoms with E-state index in [0.717, 1.165) is 37.3 Å². The van der Waals surface area contributed by atoms with Crippen LogP contribution in [0.3, 0.4) is 0 Å². The van der Waals surface area contributed by atoms with Crippen molar-refractivity contribution >= 4 is 23.2 Å². The number of carbonyl (C=O) groups excluding carboxylic acids is 2. The summed E-state index contributed by atoms with van der Waals surface area (Å²) in [6, 6.07) is 9.90. The van der Waals surface area contributed by atoms with Gasteiger partial charge in [0, 0.05) is 76.6 Å². The van der Waals surface area contributed by atoms with Crippen LogP contribution >= 0.6 is 0 Å². The largest absolute Gasteiger partial charge is 0.378 e. The van der Waals surface area contributed by atoms with E-state index in [9.17, 15) is 18.4 Å². The lowest BCUT2D eigenvalue weighted by atomic mass is 10.1. The Kier molecular flexibility index (Phi) is 9.43. The van der Waals surface area contributed by atoms with Crippen LogP contribution in [-0.4, -0.2) is 67.9 Å². The number of carbonyl (C=O) groups is 2. The molecule has 0 spiro atoms. The number of fused-ring (bicyclic) bond motifs is 1. The van der Waals surface area contributed by atoms with Crippen molar-refractivity contribution < 1.29 is 18.4 Å². The number of halogens is 2. The van der Waals surface area contributed by atoms with Gasteiger partial charge in [-0.05, 0) is 56.5 Å². The van der Waals surface area contributed by atoms with Gasteiger partial charge >= 0.3 is 0 Å². The summed E-state index contributed by atoms with van der Waals surface area (Å²) < 4.78 is 28.8. The highest BCUT2D eigenvalue weighted by Gasteiger charge is 2.25. The Morgan fingerprint density at radius 2 is 1.64 bits per heavy atom. The molecule has 0 unspecified atom stereocenters. The molecule has 0 aromatic heterocycles. The Morgan fingerprint density at radius 1 is 0.972 bits per heavy atom. The molecule has 6 nitrogen and oxygen atoms in total. The van der Waals surface area contributed by atoms with Crippen molar-refractivity contribution in [1.82, 2.24) is 9.80 Å². The monoisotopic (exact) mass is 500 g/mol. The van der Waals surface area contributed by atoms with Crippen LogP contribution in [0.15, 0.2) is 36.4 Å². The molecule has 3 rings (SSSR count). The second kappa shape index (κ2) is 12.3. The van der Waals surface area contributed by atoms with Gasteiger partial charge in [-0.15, -0.1) is 0 Å². The Morgan fingerprint density at radius 3 is 2.28 bits per heavy atom. The number of hydrogen-bond donors (Lipinski definition) is 0. The lowest BCUT2D eigenvalue weighted by Gasteiger charge is -2.33. The summed E-state index contributed by atoms with van der Waals surface area (Å²) in [5.74, 6) is -2.34. The molecule has 1 aliphatic heterocycles. The number of anilines is 2. The summed E-state index contributed by atoms with van der Waals surface area (Å²) in [4.78, 5) is 34.1. The van der Waals surface area contributed by atoms with Gasteiger partial charge in [0.25, 0.3) is 5.91 Å². The standard InChI is InChI=1S/C28H38F2N4O2/c1-6-27(35)34-15-9-13-32(20(2)3)12-8-14-33(19-22-17-24(29)25(30)18-26(22)34)28(36)21-10-7-11-23(16-21)31(4)5/h7,10-11,16-18,20H,6,8-9,12-15,19H2,1-5H3. The van der Waals surface area contributed by atoms with E-state index in [1.165, 1.54) is 0 Å². The molecule has 0 aliphatic carbocycles. The first-order valence-electron chi connectivity index (χ1n) is 12.7. The normalized spacial score (nSPS) is 15.8. The van der Waals surface area contributed by atoms with Crippen molar-refractivity contribution in [3.8, 4) is 0 Å². The highest BCUT2D eigenvalue weighted by Crippen LogP contribution is 2.28. The molecule has 8 heteroatoms. The fraction of sp³-hybridized carbons (Fsp3) is 0.500. The Balaban J connectivity index is 2.06. The fourth-order valence-electron chi connectivity index (χ4n) is 4.61. The molecule has 2 aromatic carbocycles. The minimum atomic E-state index is -1.00. The molecule has 1 heterocycles. The van der Waals surface area contributed by atoms with Gasteiger partial charge in [-0.2, -0.15) is 0 Å². The number of benzene rings is 2. The predicted molar refractivity (Wildman–Crippen MR) is 140 cm³/mol. The van der Waals surface area contributed by atoms with Crippen LogP contribution in [0.25, 0.3) is 0 Å². The van der Waals surface area contributed by atoms with E-state index >= 15 is 0 Å². The minimum absolute atomic E-state index is 0.0761. The van der Waals surface area contributed by atoms with Crippen molar-refractivity contribution in [3.63, 3.8) is 0 Å². The van der Waals surface area contributed by atoms with E-state index in [2.05, 4.69) is 18.7 Å². The summed E-state index contributed by atoms with van der Waals surface area (Å²) >= 11 is 0. The summed E-state index contributed by atoms with van der Waals surface area (Å²) in [5, 5.41) is 0. The topological polar surface area (TPSA) is 47.1 Å². The molecule has 36 heavy (non-hydrogen) atoms. The van der Waals surface area contributed by atoms with Crippen molar-refractivity contribution in [2.45, 2.75) is 52.6 Å². The summed E-state index contributed by atoms with van der Waals surface area (Å²) in [7, 11) is 3.82. The summed E-state index contributed by atoms with van der Waals surface area (Å²) in [6.45, 7) is 8.50. The average Bonchev–Trinajstić information content (AvgIpc) is 2.85. The molecule has 0 saturated heterocycles. The zero-order chi connectivity index (χ0) is 26.4. The molecular weight excluding hydrogens is 462 g/mol. The van der Waals surface area contributed by atoms with Crippen molar-refractivity contribution in [2.75, 3.05) is 50.1 Å². The van der Waals surface area contributed by atoms with Crippen molar-refractivity contribution in [3.05, 3.63) is 59.2 Å². The highest BCUT2D eigenvalue weighted by molar-refractivity contribution is 5.96. The van der Waals surface area contributed by atoms with Gasteiger partial charge in [-0.3, -0.25) is 9.59 Å². The average molecular weight is 501 g/mol. The molecule has 0 N–H and O–H groups in total. The first-order valence-corrected chi connectivity index (χ1v) is 12.7. The van der Waals surface area contributed by atoms with Gasteiger partial charge in [-0.25, -0.2) is 8.78 Å². The van der Waals surface area contributed by atoms with Gasteiger partial charge in [0.05, 0.1) is 5.69 Å². The van der Waals surface area contributed by atoms with Crippen LogP contribution in [-0.2, 0) is 11.3 Å². The van der Waals surface area contributed by atoms with Crippen molar-refractivity contribution in [2.24, 2.45) is 0 Å². The second-order valence-electron chi connectivity index (χ2n) is 9.80. The molecule has 2 amide bonds. The maximum absolute atomic E-state index is 14.4. The third-order valence-corrected chi connectivity index (χ3v) is 6.70. The predicted octanol–water partition coefficient (Wildman–Crippen LogP) is 4.92. The molecule has 2 aromatic rings. The number of hydrogen-bond acceptors (Lipinski definition) is 4. The Labute approximate surface area is 213 Å². The smallest absolute Gasteiger partial charge is 0.254 e. The highest BCUT2D eigenvalue weighted by atomic mass is 19.2. The van der Waals surface area contributed by atoms with Gasteiger partial charge < -0.3 is 19.6 Å². The quantitative estimate of drug-likeness (QED) is 0.598. The lowest BCUT2D eigenvalue weighted by Crippen LogP contribution is -2.40. The number of nitrogens with zero attached hydrogens (tertiary/aromatic N) is 4. The fourth-order valence-corrected chi connectivity index (χ4v) is 4.61. The van der Waals surface area contributed by atoms with Crippen LogP contribution in [0, 0.1) is 11.6 Å². The van der Waals surface area contributed by atoms with Crippen molar-refractivity contribution in [1.29, 1.82) is 0 Å².